The summed E-state index contributed by atoms with van der Waals surface area (Å²) >= 11 is 0. The number of rotatable bonds is 1. The Kier molecular flexibility index (Phi) is 1.91. The van der Waals surface area contributed by atoms with E-state index in [-0.39, 0.29) is 6.10 Å². The molecular formula is C8H11N3O. The van der Waals surface area contributed by atoms with Crippen molar-refractivity contribution in [3.05, 3.63) is 18.7 Å². The number of hydrogen-bond donors (Lipinski definition) is 1. The number of anilines is 1. The Hall–Kier alpha value is -1.16. The molecule has 0 unspecified atom stereocenters. The number of aliphatic hydroxyl groups excluding tert-OH is 1. The van der Waals surface area contributed by atoms with E-state index in [1.165, 1.54) is 6.33 Å². The Morgan fingerprint density at radius 2 is 2.17 bits per heavy atom. The van der Waals surface area contributed by atoms with Crippen molar-refractivity contribution in [2.75, 3.05) is 18.0 Å². The molecule has 1 atom stereocenters. The molecule has 2 rings (SSSR count). The van der Waals surface area contributed by atoms with Gasteiger partial charge in [-0.1, -0.05) is 0 Å². The first-order valence-corrected chi connectivity index (χ1v) is 4.04. The fourth-order valence-electron chi connectivity index (χ4n) is 1.43. The summed E-state index contributed by atoms with van der Waals surface area (Å²) in [7, 11) is 0. The van der Waals surface area contributed by atoms with Crippen molar-refractivity contribution in [1.29, 1.82) is 0 Å². The average molecular weight is 165 g/mol. The molecule has 12 heavy (non-hydrogen) atoms. The molecule has 1 aromatic heterocycles. The second kappa shape index (κ2) is 3.06. The standard InChI is InChI=1S/C8H11N3O/c12-8-1-2-11(5-8)7-3-9-6-10-4-7/h3-4,6,8,12H,1-2,5H2/t8-/m1/s1. The van der Waals surface area contributed by atoms with E-state index in [4.69, 9.17) is 0 Å². The fraction of sp³-hybridized carbons (Fsp3) is 0.500. The predicted octanol–water partition coefficient (Wildman–Crippen LogP) is 0.0476. The second-order valence-corrected chi connectivity index (χ2v) is 2.99. The first kappa shape index (κ1) is 7.49. The minimum atomic E-state index is -0.190. The van der Waals surface area contributed by atoms with Crippen LogP contribution in [0.4, 0.5) is 5.69 Å². The van der Waals surface area contributed by atoms with Gasteiger partial charge in [0.25, 0.3) is 0 Å². The molecule has 0 radical (unpaired) electrons. The summed E-state index contributed by atoms with van der Waals surface area (Å²) in [5.41, 5.74) is 0.994. The van der Waals surface area contributed by atoms with E-state index in [9.17, 15) is 5.11 Å². The van der Waals surface area contributed by atoms with Crippen molar-refractivity contribution in [2.45, 2.75) is 12.5 Å². The van der Waals surface area contributed by atoms with Crippen molar-refractivity contribution < 1.29 is 5.11 Å². The first-order valence-electron chi connectivity index (χ1n) is 4.04. The van der Waals surface area contributed by atoms with Crippen molar-refractivity contribution in [3.8, 4) is 0 Å². The van der Waals surface area contributed by atoms with Crippen LogP contribution in [0.5, 0.6) is 0 Å². The van der Waals surface area contributed by atoms with Gasteiger partial charge in [0.15, 0.2) is 0 Å². The van der Waals surface area contributed by atoms with Gasteiger partial charge < -0.3 is 10.0 Å². The van der Waals surface area contributed by atoms with Crippen molar-refractivity contribution in [1.82, 2.24) is 9.97 Å². The van der Waals surface area contributed by atoms with Gasteiger partial charge in [0.05, 0.1) is 24.2 Å². The molecule has 0 amide bonds. The van der Waals surface area contributed by atoms with Crippen LogP contribution in [0.15, 0.2) is 18.7 Å². The highest BCUT2D eigenvalue weighted by molar-refractivity contribution is 5.42. The van der Waals surface area contributed by atoms with E-state index < -0.39 is 0 Å². The van der Waals surface area contributed by atoms with Crippen LogP contribution in [-0.2, 0) is 0 Å². The largest absolute Gasteiger partial charge is 0.391 e. The van der Waals surface area contributed by atoms with Crippen LogP contribution >= 0.6 is 0 Å². The first-order chi connectivity index (χ1) is 5.86. The molecule has 0 spiro atoms. The third kappa shape index (κ3) is 1.38. The normalized spacial score (nSPS) is 23.1. The number of aromatic nitrogens is 2. The van der Waals surface area contributed by atoms with Crippen LogP contribution in [-0.4, -0.2) is 34.3 Å². The molecule has 0 aliphatic carbocycles. The number of aliphatic hydroxyl groups is 1. The van der Waals surface area contributed by atoms with Crippen LogP contribution in [0, 0.1) is 0 Å². The molecular weight excluding hydrogens is 154 g/mol. The number of hydrogen-bond acceptors (Lipinski definition) is 4. The summed E-state index contributed by atoms with van der Waals surface area (Å²) < 4.78 is 0. The van der Waals surface area contributed by atoms with Gasteiger partial charge in [0.1, 0.15) is 6.33 Å². The third-order valence-electron chi connectivity index (χ3n) is 2.08. The summed E-state index contributed by atoms with van der Waals surface area (Å²) in [6.07, 6.45) is 5.70. The molecule has 1 saturated heterocycles. The number of β-amino-alcohol motifs (C(OH)–C–C–N with tert-alkyl or cyclic N) is 1. The molecule has 1 aromatic rings. The molecule has 64 valence electrons. The molecule has 0 saturated carbocycles. The molecule has 4 nitrogen and oxygen atoms in total. The zero-order valence-electron chi connectivity index (χ0n) is 6.72. The minimum Gasteiger partial charge on any atom is -0.391 e. The van der Waals surface area contributed by atoms with Gasteiger partial charge in [-0.05, 0) is 6.42 Å². The zero-order chi connectivity index (χ0) is 8.39. The summed E-state index contributed by atoms with van der Waals surface area (Å²) in [6, 6.07) is 0. The monoisotopic (exact) mass is 165 g/mol. The van der Waals surface area contributed by atoms with E-state index in [2.05, 4.69) is 14.9 Å². The van der Waals surface area contributed by atoms with Crippen LogP contribution in [0.1, 0.15) is 6.42 Å². The topological polar surface area (TPSA) is 49.2 Å². The molecule has 1 aliphatic rings. The maximum atomic E-state index is 9.28. The highest BCUT2D eigenvalue weighted by Gasteiger charge is 2.20. The molecule has 1 fully saturated rings. The highest BCUT2D eigenvalue weighted by atomic mass is 16.3. The van der Waals surface area contributed by atoms with Gasteiger partial charge in [0.2, 0.25) is 0 Å². The van der Waals surface area contributed by atoms with E-state index in [0.29, 0.717) is 6.54 Å². The van der Waals surface area contributed by atoms with Gasteiger partial charge >= 0.3 is 0 Å². The predicted molar refractivity (Wildman–Crippen MR) is 44.9 cm³/mol. The lowest BCUT2D eigenvalue weighted by Crippen LogP contribution is -2.21. The SMILES string of the molecule is O[C@@H]1CCN(c2cncnc2)C1. The summed E-state index contributed by atoms with van der Waals surface area (Å²) in [4.78, 5) is 9.93. The maximum Gasteiger partial charge on any atom is 0.115 e. The maximum absolute atomic E-state index is 9.28. The van der Waals surface area contributed by atoms with E-state index >= 15 is 0 Å². The molecule has 1 aliphatic heterocycles. The Balaban J connectivity index is 2.11. The second-order valence-electron chi connectivity index (χ2n) is 2.99. The van der Waals surface area contributed by atoms with E-state index in [1.54, 1.807) is 12.4 Å². The van der Waals surface area contributed by atoms with Gasteiger partial charge in [0, 0.05) is 13.1 Å². The van der Waals surface area contributed by atoms with Crippen molar-refractivity contribution in [3.63, 3.8) is 0 Å². The van der Waals surface area contributed by atoms with Crippen LogP contribution < -0.4 is 4.90 Å². The Labute approximate surface area is 70.9 Å². The Morgan fingerprint density at radius 1 is 1.42 bits per heavy atom. The average Bonchev–Trinajstić information content (AvgIpc) is 2.54. The lowest BCUT2D eigenvalue weighted by atomic mass is 10.3. The highest BCUT2D eigenvalue weighted by Crippen LogP contribution is 2.17. The van der Waals surface area contributed by atoms with Gasteiger partial charge in [-0.25, -0.2) is 9.97 Å². The molecule has 4 heteroatoms. The quantitative estimate of drug-likeness (QED) is 0.638. The fourth-order valence-corrected chi connectivity index (χ4v) is 1.43. The lowest BCUT2D eigenvalue weighted by molar-refractivity contribution is 0.198. The van der Waals surface area contributed by atoms with Gasteiger partial charge in [-0.3, -0.25) is 0 Å². The summed E-state index contributed by atoms with van der Waals surface area (Å²) in [6.45, 7) is 1.60. The number of nitrogens with zero attached hydrogens (tertiary/aromatic N) is 3. The molecule has 1 N–H and O–H groups in total. The lowest BCUT2D eigenvalue weighted by Gasteiger charge is -2.15. The smallest absolute Gasteiger partial charge is 0.115 e. The van der Waals surface area contributed by atoms with E-state index in [1.807, 2.05) is 0 Å². The summed E-state index contributed by atoms with van der Waals surface area (Å²) in [5, 5.41) is 9.28. The van der Waals surface area contributed by atoms with E-state index in [0.717, 1.165) is 18.7 Å². The van der Waals surface area contributed by atoms with Crippen LogP contribution in [0.2, 0.25) is 0 Å². The molecule has 2 heterocycles. The minimum absolute atomic E-state index is 0.190. The summed E-state index contributed by atoms with van der Waals surface area (Å²) in [5.74, 6) is 0. The Morgan fingerprint density at radius 3 is 2.75 bits per heavy atom. The third-order valence-corrected chi connectivity index (χ3v) is 2.08. The van der Waals surface area contributed by atoms with Crippen LogP contribution in [0.3, 0.4) is 0 Å². The molecule has 0 bridgehead atoms. The van der Waals surface area contributed by atoms with Gasteiger partial charge in [-0.2, -0.15) is 0 Å². The van der Waals surface area contributed by atoms with Crippen LogP contribution in [0.25, 0.3) is 0 Å². The van der Waals surface area contributed by atoms with Gasteiger partial charge in [-0.15, -0.1) is 0 Å². The Bertz CT molecular complexity index is 252. The zero-order valence-corrected chi connectivity index (χ0v) is 6.72. The molecule has 0 aromatic carbocycles. The van der Waals surface area contributed by atoms with Crippen molar-refractivity contribution in [2.24, 2.45) is 0 Å². The van der Waals surface area contributed by atoms with Crippen molar-refractivity contribution >= 4 is 5.69 Å².